The minimum atomic E-state index is 0.0418. The van der Waals surface area contributed by atoms with Crippen molar-refractivity contribution in [2.45, 2.75) is 12.5 Å². The number of carbonyl (C=O) groups excluding carboxylic acids is 1. The molecule has 1 atom stereocenters. The van der Waals surface area contributed by atoms with Crippen LogP contribution in [0.25, 0.3) is 0 Å². The summed E-state index contributed by atoms with van der Waals surface area (Å²) >= 11 is 0. The quantitative estimate of drug-likeness (QED) is 0.909. The van der Waals surface area contributed by atoms with E-state index in [1.807, 2.05) is 47.4 Å². The fourth-order valence-electron chi connectivity index (χ4n) is 2.74. The van der Waals surface area contributed by atoms with Crippen molar-refractivity contribution in [2.75, 3.05) is 26.2 Å². The Bertz CT molecular complexity index is 619. The van der Waals surface area contributed by atoms with Crippen LogP contribution in [0, 0.1) is 0 Å². The number of amides is 1. The highest BCUT2D eigenvalue weighted by atomic mass is 16.5. The molecule has 5 heteroatoms. The lowest BCUT2D eigenvalue weighted by Gasteiger charge is -2.36. The zero-order valence-electron chi connectivity index (χ0n) is 13.0. The Hall–Kier alpha value is -2.40. The molecule has 1 fully saturated rings. The predicted octanol–water partition coefficient (Wildman–Crippen LogP) is 1.50. The molecule has 0 spiro atoms. The van der Waals surface area contributed by atoms with Gasteiger partial charge in [0.05, 0.1) is 18.7 Å². The van der Waals surface area contributed by atoms with Crippen LogP contribution in [-0.4, -0.2) is 48.1 Å². The van der Waals surface area contributed by atoms with Crippen molar-refractivity contribution in [3.8, 4) is 5.75 Å². The van der Waals surface area contributed by atoms with Crippen LogP contribution in [0.1, 0.15) is 5.56 Å². The van der Waals surface area contributed by atoms with Crippen molar-refractivity contribution in [3.63, 3.8) is 0 Å². The van der Waals surface area contributed by atoms with E-state index in [4.69, 9.17) is 4.74 Å². The fraction of sp³-hybridized carbons (Fsp3) is 0.333. The van der Waals surface area contributed by atoms with Gasteiger partial charge in [0, 0.05) is 25.8 Å². The van der Waals surface area contributed by atoms with Crippen LogP contribution < -0.4 is 10.1 Å². The first kappa shape index (κ1) is 15.5. The maximum Gasteiger partial charge on any atom is 0.227 e. The third kappa shape index (κ3) is 4.29. The summed E-state index contributed by atoms with van der Waals surface area (Å²) in [6, 6.07) is 13.6. The number of rotatable bonds is 5. The standard InChI is InChI=1S/C18H21N3O2/c22-18(11-15-5-2-1-3-6-15)21-10-9-20-12-16(21)14-23-17-7-4-8-19-13-17/h1-8,13,16,20H,9-12,14H2. The number of carbonyl (C=O) groups is 1. The maximum absolute atomic E-state index is 12.6. The van der Waals surface area contributed by atoms with Crippen LogP contribution in [0.5, 0.6) is 5.75 Å². The summed E-state index contributed by atoms with van der Waals surface area (Å²) < 4.78 is 5.78. The highest BCUT2D eigenvalue weighted by molar-refractivity contribution is 5.79. The van der Waals surface area contributed by atoms with Crippen LogP contribution in [0.15, 0.2) is 54.9 Å². The van der Waals surface area contributed by atoms with Gasteiger partial charge < -0.3 is 15.0 Å². The molecule has 1 aromatic carbocycles. The molecule has 1 N–H and O–H groups in total. The van der Waals surface area contributed by atoms with Gasteiger partial charge in [-0.25, -0.2) is 0 Å². The molecule has 0 saturated carbocycles. The Labute approximate surface area is 136 Å². The summed E-state index contributed by atoms with van der Waals surface area (Å²) in [4.78, 5) is 18.6. The van der Waals surface area contributed by atoms with E-state index < -0.39 is 0 Å². The number of pyridine rings is 1. The van der Waals surface area contributed by atoms with E-state index in [1.165, 1.54) is 0 Å². The van der Waals surface area contributed by atoms with Crippen LogP contribution in [0.4, 0.5) is 0 Å². The Balaban J connectivity index is 1.60. The number of aromatic nitrogens is 1. The number of benzene rings is 1. The molecule has 1 aliphatic rings. The van der Waals surface area contributed by atoms with E-state index in [0.29, 0.717) is 19.6 Å². The SMILES string of the molecule is O=C(Cc1ccccc1)N1CCNCC1COc1cccnc1. The van der Waals surface area contributed by atoms with Crippen LogP contribution in [0.2, 0.25) is 0 Å². The van der Waals surface area contributed by atoms with Gasteiger partial charge >= 0.3 is 0 Å². The van der Waals surface area contributed by atoms with E-state index in [2.05, 4.69) is 10.3 Å². The second kappa shape index (κ2) is 7.74. The van der Waals surface area contributed by atoms with Gasteiger partial charge in [-0.1, -0.05) is 30.3 Å². The Morgan fingerprint density at radius 1 is 1.26 bits per heavy atom. The molecule has 1 aliphatic heterocycles. The maximum atomic E-state index is 12.6. The lowest BCUT2D eigenvalue weighted by Crippen LogP contribution is -2.56. The minimum Gasteiger partial charge on any atom is -0.490 e. The molecule has 1 amide bonds. The van der Waals surface area contributed by atoms with Crippen molar-refractivity contribution in [3.05, 3.63) is 60.4 Å². The lowest BCUT2D eigenvalue weighted by molar-refractivity contribution is -0.134. The summed E-state index contributed by atoms with van der Waals surface area (Å²) in [7, 11) is 0. The Kier molecular flexibility index (Phi) is 5.21. The van der Waals surface area contributed by atoms with Gasteiger partial charge in [0.25, 0.3) is 0 Å². The molecule has 0 bridgehead atoms. The van der Waals surface area contributed by atoms with Crippen molar-refractivity contribution < 1.29 is 9.53 Å². The van der Waals surface area contributed by atoms with Gasteiger partial charge in [0.15, 0.2) is 0 Å². The Morgan fingerprint density at radius 2 is 2.13 bits per heavy atom. The zero-order valence-corrected chi connectivity index (χ0v) is 13.0. The van der Waals surface area contributed by atoms with E-state index in [0.717, 1.165) is 24.4 Å². The van der Waals surface area contributed by atoms with Crippen LogP contribution in [-0.2, 0) is 11.2 Å². The topological polar surface area (TPSA) is 54.5 Å². The molecule has 2 heterocycles. The normalized spacial score (nSPS) is 17.7. The summed E-state index contributed by atoms with van der Waals surface area (Å²) in [6.45, 7) is 2.76. The number of hydrogen-bond acceptors (Lipinski definition) is 4. The van der Waals surface area contributed by atoms with Gasteiger partial charge in [0.2, 0.25) is 5.91 Å². The van der Waals surface area contributed by atoms with Gasteiger partial charge in [-0.3, -0.25) is 9.78 Å². The summed E-state index contributed by atoms with van der Waals surface area (Å²) in [5.41, 5.74) is 1.04. The lowest BCUT2D eigenvalue weighted by atomic mass is 10.1. The molecule has 3 rings (SSSR count). The molecule has 120 valence electrons. The molecule has 1 unspecified atom stereocenters. The summed E-state index contributed by atoms with van der Waals surface area (Å²) in [5, 5.41) is 3.33. The third-order valence-corrected chi connectivity index (χ3v) is 3.95. The number of ether oxygens (including phenoxy) is 1. The summed E-state index contributed by atoms with van der Waals surface area (Å²) in [5.74, 6) is 0.881. The molecule has 0 aliphatic carbocycles. The highest BCUT2D eigenvalue weighted by Gasteiger charge is 2.27. The first-order valence-electron chi connectivity index (χ1n) is 7.90. The van der Waals surface area contributed by atoms with E-state index in [9.17, 15) is 4.79 Å². The average Bonchev–Trinajstić information content (AvgIpc) is 2.62. The minimum absolute atomic E-state index is 0.0418. The van der Waals surface area contributed by atoms with E-state index in [-0.39, 0.29) is 11.9 Å². The Morgan fingerprint density at radius 3 is 2.91 bits per heavy atom. The fourth-order valence-corrected chi connectivity index (χ4v) is 2.74. The first-order valence-corrected chi connectivity index (χ1v) is 7.90. The van der Waals surface area contributed by atoms with E-state index in [1.54, 1.807) is 12.4 Å². The number of piperazine rings is 1. The second-order valence-corrected chi connectivity index (χ2v) is 5.61. The van der Waals surface area contributed by atoms with Crippen LogP contribution >= 0.6 is 0 Å². The molecular formula is C18H21N3O2. The van der Waals surface area contributed by atoms with Gasteiger partial charge in [0.1, 0.15) is 12.4 Å². The third-order valence-electron chi connectivity index (χ3n) is 3.95. The summed E-state index contributed by atoms with van der Waals surface area (Å²) in [6.07, 6.45) is 3.83. The number of nitrogens with one attached hydrogen (secondary N) is 1. The van der Waals surface area contributed by atoms with Crippen molar-refractivity contribution in [1.29, 1.82) is 0 Å². The van der Waals surface area contributed by atoms with Crippen molar-refractivity contribution in [1.82, 2.24) is 15.2 Å². The highest BCUT2D eigenvalue weighted by Crippen LogP contribution is 2.12. The van der Waals surface area contributed by atoms with Gasteiger partial charge in [-0.15, -0.1) is 0 Å². The average molecular weight is 311 g/mol. The van der Waals surface area contributed by atoms with Crippen LogP contribution in [0.3, 0.4) is 0 Å². The van der Waals surface area contributed by atoms with E-state index >= 15 is 0 Å². The first-order chi connectivity index (χ1) is 11.3. The smallest absolute Gasteiger partial charge is 0.227 e. The van der Waals surface area contributed by atoms with Gasteiger partial charge in [-0.2, -0.15) is 0 Å². The molecular weight excluding hydrogens is 290 g/mol. The largest absolute Gasteiger partial charge is 0.490 e. The molecule has 1 aromatic heterocycles. The predicted molar refractivity (Wildman–Crippen MR) is 88.2 cm³/mol. The van der Waals surface area contributed by atoms with Gasteiger partial charge in [-0.05, 0) is 17.7 Å². The molecule has 23 heavy (non-hydrogen) atoms. The molecule has 5 nitrogen and oxygen atoms in total. The van der Waals surface area contributed by atoms with Crippen molar-refractivity contribution in [2.24, 2.45) is 0 Å². The monoisotopic (exact) mass is 311 g/mol. The second-order valence-electron chi connectivity index (χ2n) is 5.61. The zero-order chi connectivity index (χ0) is 15.9. The van der Waals surface area contributed by atoms with Crippen molar-refractivity contribution >= 4 is 5.91 Å². The molecule has 0 radical (unpaired) electrons. The number of nitrogens with zero attached hydrogens (tertiary/aromatic N) is 2. The molecule has 2 aromatic rings. The number of hydrogen-bond donors (Lipinski definition) is 1. The molecule has 1 saturated heterocycles.